The number of hydrogen-bond acceptors (Lipinski definition) is 4. The number of rotatable bonds is 3. The van der Waals surface area contributed by atoms with Gasteiger partial charge >= 0.3 is 0 Å². The van der Waals surface area contributed by atoms with Gasteiger partial charge in [-0.1, -0.05) is 19.9 Å². The largest absolute Gasteiger partial charge is 0.349 e. The third-order valence-electron chi connectivity index (χ3n) is 9.19. The minimum atomic E-state index is -0.517. The van der Waals surface area contributed by atoms with E-state index in [1.165, 1.54) is 6.42 Å². The number of amides is 2. The lowest BCUT2D eigenvalue weighted by molar-refractivity contribution is -0.123. The minimum Gasteiger partial charge on any atom is -0.349 e. The lowest BCUT2D eigenvalue weighted by Gasteiger charge is -2.59. The topological polar surface area (TPSA) is 84.0 Å². The predicted molar refractivity (Wildman–Crippen MR) is 114 cm³/mol. The molecule has 2 heterocycles. The zero-order valence-electron chi connectivity index (χ0n) is 18.2. The zero-order valence-corrected chi connectivity index (χ0v) is 18.2. The Morgan fingerprint density at radius 2 is 1.94 bits per heavy atom. The molecule has 0 spiro atoms. The van der Waals surface area contributed by atoms with Gasteiger partial charge in [-0.05, 0) is 73.7 Å². The second kappa shape index (κ2) is 7.38. The molecule has 0 saturated heterocycles. The molecule has 3 saturated carbocycles. The standard InChI is InChI=1S/C24H31FN4O2/c1-23-9-7-18-16(4-6-19-24(18,2)10-8-20(30)28-19)17(23)5-3-14(23)11-21(31)29-22-26-12-15(25)13-27-22/h8,10,12-14,16-19H,3-7,9,11H2,1-2H3,(H,28,30)(H,26,27,29,31)/t14-,16+,17+,18+,19-,23-,24-/m1/s1. The summed E-state index contributed by atoms with van der Waals surface area (Å²) in [6.07, 6.45) is 13.2. The highest BCUT2D eigenvalue weighted by atomic mass is 19.1. The van der Waals surface area contributed by atoms with Crippen molar-refractivity contribution in [1.82, 2.24) is 15.3 Å². The van der Waals surface area contributed by atoms with Crippen LogP contribution in [0.5, 0.6) is 0 Å². The van der Waals surface area contributed by atoms with E-state index >= 15 is 0 Å². The van der Waals surface area contributed by atoms with Crippen LogP contribution in [0.1, 0.15) is 58.8 Å². The van der Waals surface area contributed by atoms with Gasteiger partial charge in [0.25, 0.3) is 0 Å². The first kappa shape index (κ1) is 20.6. The van der Waals surface area contributed by atoms with Gasteiger partial charge in [0.2, 0.25) is 17.8 Å². The molecule has 3 fully saturated rings. The monoisotopic (exact) mass is 426 g/mol. The Kier molecular flexibility index (Phi) is 4.90. The third-order valence-corrected chi connectivity index (χ3v) is 9.19. The van der Waals surface area contributed by atoms with Gasteiger partial charge in [-0.25, -0.2) is 14.4 Å². The number of anilines is 1. The SMILES string of the molecule is C[C@]12C=CC(=O)N[C@@H]1CC[C@@H]1[C@@H]2CC[C@]2(C)[C@@H](CC(=O)Nc3ncc(F)cn3)CC[C@@H]12. The van der Waals surface area contributed by atoms with Crippen molar-refractivity contribution in [3.05, 3.63) is 30.4 Å². The molecule has 0 unspecified atom stereocenters. The summed E-state index contributed by atoms with van der Waals surface area (Å²) in [5, 5.41) is 5.94. The molecular formula is C24H31FN4O2. The molecule has 3 aliphatic carbocycles. The number of halogens is 1. The van der Waals surface area contributed by atoms with E-state index in [-0.39, 0.29) is 34.6 Å². The smallest absolute Gasteiger partial charge is 0.243 e. The fourth-order valence-corrected chi connectivity index (χ4v) is 7.55. The Balaban J connectivity index is 1.30. The fraction of sp³-hybridized carbons (Fsp3) is 0.667. The Morgan fingerprint density at radius 1 is 1.16 bits per heavy atom. The van der Waals surface area contributed by atoms with Crippen molar-refractivity contribution in [2.24, 2.45) is 34.5 Å². The van der Waals surface area contributed by atoms with Crippen molar-refractivity contribution in [2.75, 3.05) is 5.32 Å². The van der Waals surface area contributed by atoms with Crippen LogP contribution in [0.2, 0.25) is 0 Å². The van der Waals surface area contributed by atoms with Gasteiger partial charge in [0.15, 0.2) is 5.82 Å². The molecule has 1 aromatic rings. The number of nitrogens with zero attached hydrogens (tertiary/aromatic N) is 2. The highest BCUT2D eigenvalue weighted by molar-refractivity contribution is 5.89. The maximum atomic E-state index is 13.0. The van der Waals surface area contributed by atoms with E-state index in [1.54, 1.807) is 6.08 Å². The van der Waals surface area contributed by atoms with Crippen molar-refractivity contribution in [3.63, 3.8) is 0 Å². The molecule has 1 aliphatic heterocycles. The lowest BCUT2D eigenvalue weighted by Crippen LogP contribution is -2.59. The number of fused-ring (bicyclic) bond motifs is 5. The maximum absolute atomic E-state index is 13.0. The summed E-state index contributed by atoms with van der Waals surface area (Å²) in [6, 6.07) is 0.245. The summed E-state index contributed by atoms with van der Waals surface area (Å²) in [5.41, 5.74) is 0.195. The quantitative estimate of drug-likeness (QED) is 0.769. The number of carbonyl (C=O) groups is 2. The van der Waals surface area contributed by atoms with E-state index in [0.717, 1.165) is 44.5 Å². The van der Waals surface area contributed by atoms with Gasteiger partial charge in [-0.2, -0.15) is 0 Å². The van der Waals surface area contributed by atoms with Crippen LogP contribution < -0.4 is 10.6 Å². The first-order valence-electron chi connectivity index (χ1n) is 11.6. The molecule has 7 heteroatoms. The lowest BCUT2D eigenvalue weighted by atomic mass is 9.48. The predicted octanol–water partition coefficient (Wildman–Crippen LogP) is 3.86. The average molecular weight is 427 g/mol. The van der Waals surface area contributed by atoms with Crippen LogP contribution in [-0.2, 0) is 9.59 Å². The fourth-order valence-electron chi connectivity index (χ4n) is 7.55. The van der Waals surface area contributed by atoms with Crippen molar-refractivity contribution < 1.29 is 14.0 Å². The zero-order chi connectivity index (χ0) is 21.8. The minimum absolute atomic E-state index is 0.0353. The van der Waals surface area contributed by atoms with E-state index in [1.807, 2.05) is 0 Å². The van der Waals surface area contributed by atoms with E-state index in [9.17, 15) is 14.0 Å². The number of aromatic nitrogens is 2. The van der Waals surface area contributed by atoms with Crippen LogP contribution in [0.15, 0.2) is 24.5 Å². The second-order valence-electron chi connectivity index (χ2n) is 10.5. The molecule has 0 radical (unpaired) electrons. The maximum Gasteiger partial charge on any atom is 0.243 e. The highest BCUT2D eigenvalue weighted by Crippen LogP contribution is 2.65. The molecule has 166 valence electrons. The Labute approximate surface area is 182 Å². The van der Waals surface area contributed by atoms with Crippen molar-refractivity contribution in [1.29, 1.82) is 0 Å². The number of nitrogens with one attached hydrogen (secondary N) is 2. The number of carbonyl (C=O) groups excluding carboxylic acids is 2. The van der Waals surface area contributed by atoms with E-state index in [0.29, 0.717) is 30.1 Å². The molecule has 2 amide bonds. The first-order chi connectivity index (χ1) is 14.8. The van der Waals surface area contributed by atoms with Crippen molar-refractivity contribution in [2.45, 2.75) is 64.8 Å². The second-order valence-corrected chi connectivity index (χ2v) is 10.5. The highest BCUT2D eigenvalue weighted by Gasteiger charge is 2.59. The van der Waals surface area contributed by atoms with Gasteiger partial charge in [-0.15, -0.1) is 0 Å². The van der Waals surface area contributed by atoms with Crippen LogP contribution in [-0.4, -0.2) is 27.8 Å². The Bertz CT molecular complexity index is 919. The third kappa shape index (κ3) is 3.37. The summed E-state index contributed by atoms with van der Waals surface area (Å²) in [6.45, 7) is 4.72. The summed E-state index contributed by atoms with van der Waals surface area (Å²) < 4.78 is 13.0. The van der Waals surface area contributed by atoms with Gasteiger partial charge in [-0.3, -0.25) is 14.9 Å². The normalized spacial score (nSPS) is 41.0. The molecule has 2 N–H and O–H groups in total. The molecule has 4 aliphatic rings. The van der Waals surface area contributed by atoms with Crippen molar-refractivity contribution in [3.8, 4) is 0 Å². The van der Waals surface area contributed by atoms with Gasteiger partial charge in [0.05, 0.1) is 12.4 Å². The Morgan fingerprint density at radius 3 is 2.71 bits per heavy atom. The van der Waals surface area contributed by atoms with Crippen molar-refractivity contribution >= 4 is 17.8 Å². The van der Waals surface area contributed by atoms with Crippen LogP contribution >= 0.6 is 0 Å². The molecule has 5 rings (SSSR count). The van der Waals surface area contributed by atoms with Crippen LogP contribution in [0, 0.1) is 40.3 Å². The summed E-state index contributed by atoms with van der Waals surface area (Å²) >= 11 is 0. The van der Waals surface area contributed by atoms with Crippen LogP contribution in [0.25, 0.3) is 0 Å². The molecule has 31 heavy (non-hydrogen) atoms. The molecule has 1 aromatic heterocycles. The molecule has 6 nitrogen and oxygen atoms in total. The first-order valence-corrected chi connectivity index (χ1v) is 11.6. The molecule has 0 aromatic carbocycles. The summed E-state index contributed by atoms with van der Waals surface area (Å²) in [5.74, 6) is 1.78. The van der Waals surface area contributed by atoms with Crippen LogP contribution in [0.3, 0.4) is 0 Å². The van der Waals surface area contributed by atoms with E-state index in [2.05, 4.69) is 40.5 Å². The molecule has 0 bridgehead atoms. The summed E-state index contributed by atoms with van der Waals surface area (Å²) in [4.78, 5) is 32.3. The van der Waals surface area contributed by atoms with E-state index in [4.69, 9.17) is 0 Å². The van der Waals surface area contributed by atoms with Gasteiger partial charge < -0.3 is 5.32 Å². The van der Waals surface area contributed by atoms with Crippen LogP contribution in [0.4, 0.5) is 10.3 Å². The average Bonchev–Trinajstić information content (AvgIpc) is 3.06. The number of hydrogen-bond donors (Lipinski definition) is 2. The Hall–Kier alpha value is -2.31. The molecular weight excluding hydrogens is 395 g/mol. The molecule has 7 atom stereocenters. The van der Waals surface area contributed by atoms with Gasteiger partial charge in [0, 0.05) is 17.9 Å². The van der Waals surface area contributed by atoms with E-state index < -0.39 is 5.82 Å². The van der Waals surface area contributed by atoms with Gasteiger partial charge in [0.1, 0.15) is 0 Å². The summed E-state index contributed by atoms with van der Waals surface area (Å²) in [7, 11) is 0.